The summed E-state index contributed by atoms with van der Waals surface area (Å²) < 4.78 is 34.5. The van der Waals surface area contributed by atoms with Gasteiger partial charge in [0.05, 0.1) is 35.5 Å². The second-order valence-corrected chi connectivity index (χ2v) is 8.61. The van der Waals surface area contributed by atoms with Gasteiger partial charge in [-0.05, 0) is 23.8 Å². The Balaban J connectivity index is 1.62. The van der Waals surface area contributed by atoms with Gasteiger partial charge in [0.25, 0.3) is 11.5 Å². The highest BCUT2D eigenvalue weighted by molar-refractivity contribution is 6.31. The van der Waals surface area contributed by atoms with E-state index >= 15 is 0 Å². The third-order valence-corrected chi connectivity index (χ3v) is 6.02. The van der Waals surface area contributed by atoms with E-state index in [1.54, 1.807) is 19.2 Å². The number of aromatic nitrogens is 3. The summed E-state index contributed by atoms with van der Waals surface area (Å²) in [5.41, 5.74) is 1.70. The average molecular weight is 492 g/mol. The number of likely N-dealkylation sites (N-methyl/N-ethyl adjacent to an activating group) is 1. The molecule has 34 heavy (non-hydrogen) atoms. The minimum atomic E-state index is -1.28. The van der Waals surface area contributed by atoms with Gasteiger partial charge in [-0.2, -0.15) is 0 Å². The first-order valence-corrected chi connectivity index (χ1v) is 11.1. The normalized spacial score (nSPS) is 18.2. The molecule has 0 aliphatic carbocycles. The number of pyridine rings is 1. The Labute approximate surface area is 199 Å². The molecule has 1 amide bonds. The Morgan fingerprint density at radius 2 is 2.00 bits per heavy atom. The lowest BCUT2D eigenvalue weighted by Gasteiger charge is -2.31. The van der Waals surface area contributed by atoms with E-state index in [2.05, 4.69) is 15.3 Å². The molecule has 0 bridgehead atoms. The minimum Gasteiger partial charge on any atom is -0.478 e. The van der Waals surface area contributed by atoms with Gasteiger partial charge in [-0.3, -0.25) is 9.59 Å². The van der Waals surface area contributed by atoms with Crippen LogP contribution in [-0.4, -0.2) is 59.5 Å². The lowest BCUT2D eigenvalue weighted by molar-refractivity contribution is -0.122. The van der Waals surface area contributed by atoms with E-state index in [1.165, 1.54) is 22.7 Å². The fourth-order valence-corrected chi connectivity index (χ4v) is 4.09. The van der Waals surface area contributed by atoms with Gasteiger partial charge in [0, 0.05) is 32.3 Å². The number of nitrogens with zero attached hydrogens (tertiary/aromatic N) is 4. The van der Waals surface area contributed by atoms with Crippen LogP contribution in [-0.2, 0) is 18.3 Å². The molecular weight excluding hydrogens is 468 g/mol. The first kappa shape index (κ1) is 23.9. The number of alkyl halides is 2. The number of aryl methyl sites for hydroxylation is 1. The van der Waals surface area contributed by atoms with Crippen molar-refractivity contribution in [3.63, 3.8) is 0 Å². The maximum Gasteiger partial charge on any atom is 0.293 e. The maximum absolute atomic E-state index is 13.8. The van der Waals surface area contributed by atoms with E-state index in [4.69, 9.17) is 16.3 Å². The quantitative estimate of drug-likeness (QED) is 0.570. The molecule has 1 saturated heterocycles. The summed E-state index contributed by atoms with van der Waals surface area (Å²) in [7, 11) is 3.11. The van der Waals surface area contributed by atoms with Crippen molar-refractivity contribution in [2.45, 2.75) is 25.2 Å². The lowest BCUT2D eigenvalue weighted by atomic mass is 10.1. The summed E-state index contributed by atoms with van der Waals surface area (Å²) in [6.07, 6.45) is -0.903. The van der Waals surface area contributed by atoms with E-state index < -0.39 is 12.3 Å². The van der Waals surface area contributed by atoms with Crippen LogP contribution in [0.2, 0.25) is 5.02 Å². The van der Waals surface area contributed by atoms with E-state index in [-0.39, 0.29) is 49.3 Å². The largest absolute Gasteiger partial charge is 0.478 e. The molecule has 0 saturated carbocycles. The predicted octanol–water partition coefficient (Wildman–Crippen LogP) is 2.58. The standard InChI is InChI=1S/C23H24ClF2N5O3/c1-27-21(32)12-34-20-7-14-5-13(3-4-19(14)30(2)22(20)33)6-18-17(24)9-28-23(29-18)31-10-15(25)8-16(26)11-31/h3-5,7,9,15-16H,6,8,10-12H2,1-2H3,(H,27,32)/t15-,16-/m1/s1. The van der Waals surface area contributed by atoms with Crippen LogP contribution in [0.15, 0.2) is 35.3 Å². The number of nitrogens with one attached hydrogen (secondary N) is 1. The topological polar surface area (TPSA) is 89.3 Å². The second-order valence-electron chi connectivity index (χ2n) is 8.20. The number of amides is 1. The van der Waals surface area contributed by atoms with Crippen molar-refractivity contribution < 1.29 is 18.3 Å². The molecule has 8 nitrogen and oxygen atoms in total. The van der Waals surface area contributed by atoms with Gasteiger partial charge in [-0.25, -0.2) is 18.7 Å². The number of ether oxygens (including phenoxy) is 1. The average Bonchev–Trinajstić information content (AvgIpc) is 2.81. The highest BCUT2D eigenvalue weighted by Crippen LogP contribution is 2.25. The van der Waals surface area contributed by atoms with Crippen molar-refractivity contribution in [2.24, 2.45) is 7.05 Å². The summed E-state index contributed by atoms with van der Waals surface area (Å²) in [5.74, 6) is -0.0563. The molecule has 11 heteroatoms. The molecule has 0 radical (unpaired) electrons. The van der Waals surface area contributed by atoms with Gasteiger partial charge in [-0.15, -0.1) is 0 Å². The minimum absolute atomic E-state index is 0.0321. The molecule has 0 unspecified atom stereocenters. The number of carbonyl (C=O) groups excluding carboxylic acids is 1. The van der Waals surface area contributed by atoms with Crippen molar-refractivity contribution in [1.82, 2.24) is 19.9 Å². The second kappa shape index (κ2) is 9.92. The van der Waals surface area contributed by atoms with Crippen molar-refractivity contribution >= 4 is 34.4 Å². The lowest BCUT2D eigenvalue weighted by Crippen LogP contribution is -2.43. The van der Waals surface area contributed by atoms with Gasteiger partial charge in [-0.1, -0.05) is 17.7 Å². The zero-order valence-corrected chi connectivity index (χ0v) is 19.5. The number of hydrogen-bond donors (Lipinski definition) is 1. The van der Waals surface area contributed by atoms with E-state index in [0.717, 1.165) is 10.9 Å². The van der Waals surface area contributed by atoms with Crippen molar-refractivity contribution in [3.05, 3.63) is 57.1 Å². The van der Waals surface area contributed by atoms with Gasteiger partial charge in [0.1, 0.15) is 12.3 Å². The fraction of sp³-hybridized carbons (Fsp3) is 0.391. The van der Waals surface area contributed by atoms with Gasteiger partial charge in [0.15, 0.2) is 12.4 Å². The third-order valence-electron chi connectivity index (χ3n) is 5.70. The molecule has 1 N–H and O–H groups in total. The van der Waals surface area contributed by atoms with Crippen LogP contribution in [0.1, 0.15) is 17.7 Å². The molecule has 2 atom stereocenters. The van der Waals surface area contributed by atoms with Crippen molar-refractivity contribution in [3.8, 4) is 5.75 Å². The summed E-state index contributed by atoms with van der Waals surface area (Å²) in [4.78, 5) is 34.2. The summed E-state index contributed by atoms with van der Waals surface area (Å²) in [6.45, 7) is -0.207. The van der Waals surface area contributed by atoms with Gasteiger partial charge >= 0.3 is 0 Å². The van der Waals surface area contributed by atoms with Crippen LogP contribution in [0.5, 0.6) is 5.75 Å². The van der Waals surface area contributed by atoms with Crippen molar-refractivity contribution in [1.29, 1.82) is 0 Å². The monoisotopic (exact) mass is 491 g/mol. The molecule has 2 aromatic heterocycles. The molecule has 1 aliphatic rings. The number of anilines is 1. The molecule has 4 rings (SSSR count). The molecule has 1 aliphatic heterocycles. The summed E-state index contributed by atoms with van der Waals surface area (Å²) >= 11 is 6.32. The molecule has 3 heterocycles. The van der Waals surface area contributed by atoms with Gasteiger partial charge in [0.2, 0.25) is 5.95 Å². The zero-order chi connectivity index (χ0) is 24.4. The molecule has 3 aromatic rings. The molecule has 1 fully saturated rings. The number of rotatable bonds is 6. The first-order chi connectivity index (χ1) is 16.2. The van der Waals surface area contributed by atoms with Crippen LogP contribution in [0.4, 0.5) is 14.7 Å². The van der Waals surface area contributed by atoms with Gasteiger partial charge < -0.3 is 19.5 Å². The first-order valence-electron chi connectivity index (χ1n) is 10.8. The van der Waals surface area contributed by atoms with E-state index in [0.29, 0.717) is 22.7 Å². The smallest absolute Gasteiger partial charge is 0.293 e. The predicted molar refractivity (Wildman–Crippen MR) is 125 cm³/mol. The van der Waals surface area contributed by atoms with Crippen LogP contribution in [0, 0.1) is 0 Å². The number of hydrogen-bond acceptors (Lipinski definition) is 6. The number of halogens is 3. The van der Waals surface area contributed by atoms with E-state index in [1.807, 2.05) is 12.1 Å². The molecule has 180 valence electrons. The van der Waals surface area contributed by atoms with Crippen molar-refractivity contribution in [2.75, 3.05) is 31.6 Å². The molecule has 0 spiro atoms. The Hall–Kier alpha value is -3.27. The molecule has 1 aromatic carbocycles. The summed E-state index contributed by atoms with van der Waals surface area (Å²) in [6, 6.07) is 7.11. The number of benzene rings is 1. The maximum atomic E-state index is 13.8. The highest BCUT2D eigenvalue weighted by atomic mass is 35.5. The Morgan fingerprint density at radius 3 is 2.71 bits per heavy atom. The van der Waals surface area contributed by atoms with Crippen LogP contribution >= 0.6 is 11.6 Å². The SMILES string of the molecule is CNC(=O)COc1cc2cc(Cc3nc(N4C[C@H](F)C[C@@H](F)C4)ncc3Cl)ccc2n(C)c1=O. The molecular formula is C23H24ClF2N5O3. The van der Waals surface area contributed by atoms with Crippen LogP contribution < -0.4 is 20.5 Å². The highest BCUT2D eigenvalue weighted by Gasteiger charge is 2.28. The number of carbonyl (C=O) groups is 1. The Morgan fingerprint density at radius 1 is 1.26 bits per heavy atom. The fourth-order valence-electron chi connectivity index (χ4n) is 3.94. The van der Waals surface area contributed by atoms with E-state index in [9.17, 15) is 18.4 Å². The van der Waals surface area contributed by atoms with Crippen LogP contribution in [0.25, 0.3) is 10.9 Å². The number of piperidine rings is 1. The Bertz CT molecular complexity index is 1280. The number of fused-ring (bicyclic) bond motifs is 1. The Kier molecular flexibility index (Phi) is 6.97. The zero-order valence-electron chi connectivity index (χ0n) is 18.7. The third kappa shape index (κ3) is 5.11. The van der Waals surface area contributed by atoms with Crippen LogP contribution in [0.3, 0.4) is 0 Å². The summed E-state index contributed by atoms with van der Waals surface area (Å²) in [5, 5.41) is 3.51.